The van der Waals surface area contributed by atoms with E-state index >= 15 is 0 Å². The number of hydrogen-bond acceptors (Lipinski definition) is 3. The molecule has 3 heteroatoms. The summed E-state index contributed by atoms with van der Waals surface area (Å²) in [5.74, 6) is -0.218. The minimum Gasteiger partial charge on any atom is -0.371 e. The lowest BCUT2D eigenvalue weighted by atomic mass is 10.0. The van der Waals surface area contributed by atoms with Crippen molar-refractivity contribution in [3.8, 4) is 0 Å². The first-order valence-electron chi connectivity index (χ1n) is 7.97. The highest BCUT2D eigenvalue weighted by atomic mass is 16.5. The second-order valence-corrected chi connectivity index (χ2v) is 5.76. The lowest BCUT2D eigenvalue weighted by Crippen LogP contribution is -2.35. The van der Waals surface area contributed by atoms with E-state index in [9.17, 15) is 4.79 Å². The molecule has 0 saturated carbocycles. The molecule has 0 aliphatic heterocycles. The summed E-state index contributed by atoms with van der Waals surface area (Å²) in [5, 5.41) is 0. The minimum atomic E-state index is -0.267. The van der Waals surface area contributed by atoms with Crippen molar-refractivity contribution in [3.63, 3.8) is 0 Å². The van der Waals surface area contributed by atoms with Crippen LogP contribution in [0.5, 0.6) is 0 Å². The first-order chi connectivity index (χ1) is 11.2. The molecule has 3 unspecified atom stereocenters. The van der Waals surface area contributed by atoms with Gasteiger partial charge in [-0.3, -0.25) is 0 Å². The predicted molar refractivity (Wildman–Crippen MR) is 90.9 cm³/mol. The molecule has 0 heterocycles. The van der Waals surface area contributed by atoms with Gasteiger partial charge in [-0.1, -0.05) is 67.6 Å². The van der Waals surface area contributed by atoms with Gasteiger partial charge >= 0.3 is 0 Å². The zero-order valence-corrected chi connectivity index (χ0v) is 13.7. The third-order valence-corrected chi connectivity index (χ3v) is 3.84. The molecule has 23 heavy (non-hydrogen) atoms. The molecule has 2 rings (SSSR count). The van der Waals surface area contributed by atoms with E-state index in [-0.39, 0.29) is 18.1 Å². The number of benzene rings is 2. The molecule has 0 bridgehead atoms. The average Bonchev–Trinajstić information content (AvgIpc) is 2.61. The van der Waals surface area contributed by atoms with E-state index in [1.54, 1.807) is 0 Å². The summed E-state index contributed by atoms with van der Waals surface area (Å²) in [6.07, 6.45) is 0.494. The molecule has 3 atom stereocenters. The Morgan fingerprint density at radius 1 is 0.826 bits per heavy atom. The van der Waals surface area contributed by atoms with Gasteiger partial charge in [-0.05, 0) is 18.1 Å². The van der Waals surface area contributed by atoms with Gasteiger partial charge in [0.25, 0.3) is 0 Å². The maximum absolute atomic E-state index is 11.2. The van der Waals surface area contributed by atoms with E-state index in [0.29, 0.717) is 13.2 Å². The first kappa shape index (κ1) is 17.4. The lowest BCUT2D eigenvalue weighted by Gasteiger charge is -2.27. The molecule has 2 aromatic carbocycles. The van der Waals surface area contributed by atoms with Crippen molar-refractivity contribution in [3.05, 3.63) is 71.8 Å². The quantitative estimate of drug-likeness (QED) is 0.656. The summed E-state index contributed by atoms with van der Waals surface area (Å²) in [6, 6.07) is 20.0. The summed E-state index contributed by atoms with van der Waals surface area (Å²) in [4.78, 5) is 11.2. The van der Waals surface area contributed by atoms with E-state index in [1.807, 2.05) is 74.5 Å². The second kappa shape index (κ2) is 9.23. The average molecular weight is 312 g/mol. The normalized spacial score (nSPS) is 14.9. The summed E-state index contributed by atoms with van der Waals surface area (Å²) in [7, 11) is 0. The van der Waals surface area contributed by atoms with Gasteiger partial charge < -0.3 is 14.3 Å². The molecule has 0 amide bonds. The van der Waals surface area contributed by atoms with Crippen LogP contribution in [0.2, 0.25) is 0 Å². The van der Waals surface area contributed by atoms with Crippen LogP contribution >= 0.6 is 0 Å². The van der Waals surface area contributed by atoms with Crippen molar-refractivity contribution in [1.82, 2.24) is 0 Å². The topological polar surface area (TPSA) is 35.5 Å². The van der Waals surface area contributed by atoms with E-state index in [1.165, 1.54) is 0 Å². The van der Waals surface area contributed by atoms with Crippen molar-refractivity contribution in [1.29, 1.82) is 0 Å². The van der Waals surface area contributed by atoms with Crippen molar-refractivity contribution < 1.29 is 14.3 Å². The molecule has 0 aromatic heterocycles. The van der Waals surface area contributed by atoms with Crippen LogP contribution in [-0.2, 0) is 27.5 Å². The molecule has 0 fully saturated rings. The van der Waals surface area contributed by atoms with E-state index < -0.39 is 0 Å². The molecule has 122 valence electrons. The van der Waals surface area contributed by atoms with Gasteiger partial charge in [0.1, 0.15) is 6.29 Å². The number of ether oxygens (including phenoxy) is 2. The molecular weight excluding hydrogens is 288 g/mol. The highest BCUT2D eigenvalue weighted by molar-refractivity contribution is 5.53. The van der Waals surface area contributed by atoms with Crippen LogP contribution in [0.4, 0.5) is 0 Å². The Labute approximate surface area is 138 Å². The van der Waals surface area contributed by atoms with Gasteiger partial charge in [-0.15, -0.1) is 0 Å². The Morgan fingerprint density at radius 2 is 1.30 bits per heavy atom. The molecule has 0 radical (unpaired) electrons. The number of hydrogen-bond donors (Lipinski definition) is 0. The first-order valence-corrected chi connectivity index (χ1v) is 7.97. The number of carbonyl (C=O) groups excluding carboxylic acids is 1. The highest BCUT2D eigenvalue weighted by Crippen LogP contribution is 2.17. The molecule has 3 nitrogen and oxygen atoms in total. The number of aldehydes is 1. The maximum Gasteiger partial charge on any atom is 0.125 e. The highest BCUT2D eigenvalue weighted by Gasteiger charge is 2.25. The number of rotatable bonds is 9. The smallest absolute Gasteiger partial charge is 0.125 e. The third kappa shape index (κ3) is 5.62. The van der Waals surface area contributed by atoms with Crippen LogP contribution in [0.25, 0.3) is 0 Å². The van der Waals surface area contributed by atoms with Crippen molar-refractivity contribution in [2.45, 2.75) is 39.3 Å². The molecule has 0 spiro atoms. The zero-order valence-electron chi connectivity index (χ0n) is 13.7. The Hall–Kier alpha value is -1.97. The van der Waals surface area contributed by atoms with Crippen LogP contribution < -0.4 is 0 Å². The molecular formula is C20H24O3. The summed E-state index contributed by atoms with van der Waals surface area (Å²) in [5.41, 5.74) is 2.20. The van der Waals surface area contributed by atoms with Crippen LogP contribution in [-0.4, -0.2) is 18.5 Å². The molecule has 0 N–H and O–H groups in total. The van der Waals surface area contributed by atoms with Gasteiger partial charge in [0, 0.05) is 5.92 Å². The predicted octanol–water partition coefficient (Wildman–Crippen LogP) is 4.01. The van der Waals surface area contributed by atoms with Gasteiger partial charge in [-0.25, -0.2) is 0 Å². The monoisotopic (exact) mass is 312 g/mol. The molecule has 0 aliphatic carbocycles. The minimum absolute atomic E-state index is 0.167. The van der Waals surface area contributed by atoms with Gasteiger partial charge in [0.05, 0.1) is 25.4 Å². The fraction of sp³-hybridized carbons (Fsp3) is 0.350. The Bertz CT molecular complexity index is 568. The van der Waals surface area contributed by atoms with Crippen LogP contribution in [0.15, 0.2) is 60.7 Å². The third-order valence-electron chi connectivity index (χ3n) is 3.84. The van der Waals surface area contributed by atoms with Gasteiger partial charge in [-0.2, -0.15) is 0 Å². The maximum atomic E-state index is 11.2. The van der Waals surface area contributed by atoms with Gasteiger partial charge in [0.15, 0.2) is 0 Å². The zero-order chi connectivity index (χ0) is 16.5. The van der Waals surface area contributed by atoms with Crippen molar-refractivity contribution >= 4 is 6.29 Å². The summed E-state index contributed by atoms with van der Waals surface area (Å²) < 4.78 is 11.9. The van der Waals surface area contributed by atoms with Crippen LogP contribution in [0.3, 0.4) is 0 Å². The Balaban J connectivity index is 1.92. The lowest BCUT2D eigenvalue weighted by molar-refractivity contribution is -0.127. The summed E-state index contributed by atoms with van der Waals surface area (Å²) in [6.45, 7) is 4.81. The second-order valence-electron chi connectivity index (χ2n) is 5.76. The van der Waals surface area contributed by atoms with Crippen LogP contribution in [0, 0.1) is 5.92 Å². The van der Waals surface area contributed by atoms with Crippen molar-refractivity contribution in [2.75, 3.05) is 0 Å². The SMILES string of the molecule is CC(C=O)C(OCc1ccccc1)C(C)OCc1ccccc1. The van der Waals surface area contributed by atoms with Gasteiger partial charge in [0.2, 0.25) is 0 Å². The van der Waals surface area contributed by atoms with Crippen molar-refractivity contribution in [2.24, 2.45) is 5.92 Å². The fourth-order valence-corrected chi connectivity index (χ4v) is 2.46. The van der Waals surface area contributed by atoms with E-state index in [4.69, 9.17) is 9.47 Å². The molecule has 0 saturated heterocycles. The van der Waals surface area contributed by atoms with E-state index in [0.717, 1.165) is 17.4 Å². The van der Waals surface area contributed by atoms with Crippen LogP contribution in [0.1, 0.15) is 25.0 Å². The Morgan fingerprint density at radius 3 is 1.78 bits per heavy atom. The molecule has 2 aromatic rings. The number of carbonyl (C=O) groups is 1. The molecule has 0 aliphatic rings. The Kier molecular flexibility index (Phi) is 6.98. The largest absolute Gasteiger partial charge is 0.371 e. The summed E-state index contributed by atoms with van der Waals surface area (Å²) >= 11 is 0. The fourth-order valence-electron chi connectivity index (χ4n) is 2.46. The standard InChI is InChI=1S/C20H24O3/c1-16(13-21)20(23-15-19-11-7-4-8-12-19)17(2)22-14-18-9-5-3-6-10-18/h3-13,16-17,20H,14-15H2,1-2H3. The van der Waals surface area contributed by atoms with E-state index in [2.05, 4.69) is 0 Å².